The van der Waals surface area contributed by atoms with Gasteiger partial charge in [0.1, 0.15) is 5.75 Å². The van der Waals surface area contributed by atoms with Crippen LogP contribution in [0, 0.1) is 6.92 Å². The maximum Gasteiger partial charge on any atom is 0.374 e. The van der Waals surface area contributed by atoms with E-state index in [4.69, 9.17) is 13.8 Å². The number of benzene rings is 1. The van der Waals surface area contributed by atoms with Crippen molar-refractivity contribution >= 4 is 21.2 Å². The van der Waals surface area contributed by atoms with Crippen molar-refractivity contribution in [2.75, 3.05) is 0 Å². The first-order valence-electron chi connectivity index (χ1n) is 9.44. The molecule has 0 bridgehead atoms. The van der Waals surface area contributed by atoms with Crippen LogP contribution in [-0.2, 0) is 29.4 Å². The van der Waals surface area contributed by atoms with Crippen LogP contribution in [0.1, 0.15) is 42.7 Å². The fraction of sp³-hybridized carbons (Fsp3) is 0.368. The van der Waals surface area contributed by atoms with Gasteiger partial charge in [-0.1, -0.05) is 24.6 Å². The van der Waals surface area contributed by atoms with Crippen molar-refractivity contribution in [3.05, 3.63) is 59.4 Å². The van der Waals surface area contributed by atoms with Gasteiger partial charge < -0.3 is 19.6 Å². The average molecular weight is 471 g/mol. The largest absolute Gasteiger partial charge is 0.426 e. The number of rotatable bonds is 6. The molecular formula is C19H23NO9P2. The van der Waals surface area contributed by atoms with Crippen molar-refractivity contribution in [1.82, 2.24) is 4.98 Å². The van der Waals surface area contributed by atoms with Gasteiger partial charge in [-0.2, -0.15) is 0 Å². The minimum atomic E-state index is -5.15. The van der Waals surface area contributed by atoms with E-state index in [2.05, 4.69) is 4.98 Å². The second kappa shape index (κ2) is 8.92. The highest BCUT2D eigenvalue weighted by Crippen LogP contribution is 2.79. The average Bonchev–Trinajstić information content (AvgIpc) is 2.68. The second-order valence-corrected chi connectivity index (χ2v) is 11.5. The number of aryl methyl sites for hydroxylation is 1. The first-order valence-corrected chi connectivity index (χ1v) is 12.6. The van der Waals surface area contributed by atoms with Crippen molar-refractivity contribution < 1.29 is 42.6 Å². The molecule has 2 atom stereocenters. The fourth-order valence-electron chi connectivity index (χ4n) is 3.02. The maximum absolute atomic E-state index is 13.0. The van der Waals surface area contributed by atoms with Crippen molar-refractivity contribution in [3.8, 4) is 5.75 Å². The van der Waals surface area contributed by atoms with Gasteiger partial charge in [0.05, 0.1) is 5.56 Å². The first kappa shape index (κ1) is 23.8. The van der Waals surface area contributed by atoms with E-state index >= 15 is 0 Å². The van der Waals surface area contributed by atoms with E-state index in [1.54, 1.807) is 19.9 Å². The van der Waals surface area contributed by atoms with Gasteiger partial charge in [0, 0.05) is 25.2 Å². The molecule has 0 aliphatic carbocycles. The minimum Gasteiger partial charge on any atom is -0.426 e. The summed E-state index contributed by atoms with van der Waals surface area (Å²) < 4.78 is 41.4. The van der Waals surface area contributed by atoms with E-state index in [0.29, 0.717) is 12.0 Å². The summed E-state index contributed by atoms with van der Waals surface area (Å²) in [6, 6.07) is 7.44. The molecular weight excluding hydrogens is 448 g/mol. The van der Waals surface area contributed by atoms with Crippen LogP contribution in [0.2, 0.25) is 0 Å². The molecule has 10 nitrogen and oxygen atoms in total. The number of nitrogens with zero attached hydrogens (tertiary/aromatic N) is 1. The Morgan fingerprint density at radius 2 is 1.90 bits per heavy atom. The predicted octanol–water partition coefficient (Wildman–Crippen LogP) is 3.40. The highest BCUT2D eigenvalue weighted by atomic mass is 31.2. The fourth-order valence-corrected chi connectivity index (χ4v) is 6.58. The third-order valence-corrected chi connectivity index (χ3v) is 9.24. The lowest BCUT2D eigenvalue weighted by atomic mass is 10.1. The van der Waals surface area contributed by atoms with E-state index < -0.39 is 39.0 Å². The Balaban J connectivity index is 1.98. The maximum atomic E-state index is 13.0. The lowest BCUT2D eigenvalue weighted by molar-refractivity contribution is -0.134. The molecule has 3 N–H and O–H groups in total. The van der Waals surface area contributed by atoms with Crippen LogP contribution < -0.4 is 4.74 Å². The van der Waals surface area contributed by atoms with Crippen LogP contribution in [0.25, 0.3) is 0 Å². The Morgan fingerprint density at radius 1 is 1.23 bits per heavy atom. The molecule has 0 radical (unpaired) electrons. The quantitative estimate of drug-likeness (QED) is 0.325. The summed E-state index contributed by atoms with van der Waals surface area (Å²) >= 11 is 0. The van der Waals surface area contributed by atoms with Gasteiger partial charge in [0.15, 0.2) is 0 Å². The summed E-state index contributed by atoms with van der Waals surface area (Å²) in [5, 5.41) is 7.69. The van der Waals surface area contributed by atoms with Crippen LogP contribution in [0.15, 0.2) is 42.7 Å². The number of carbonyl (C=O) groups excluding carboxylic acids is 1. The van der Waals surface area contributed by atoms with Crippen LogP contribution in [-0.4, -0.2) is 30.9 Å². The zero-order valence-corrected chi connectivity index (χ0v) is 18.7. The molecule has 1 aliphatic rings. The van der Waals surface area contributed by atoms with Gasteiger partial charge in [-0.15, -0.1) is 0 Å². The number of ether oxygens (including phenoxy) is 1. The van der Waals surface area contributed by atoms with E-state index in [0.717, 1.165) is 0 Å². The lowest BCUT2D eigenvalue weighted by Gasteiger charge is -2.41. The number of pyridine rings is 1. The van der Waals surface area contributed by atoms with Crippen LogP contribution >= 0.6 is 15.2 Å². The molecule has 0 amide bonds. The SMILES string of the molecule is CCCC(=O)Oc1ccc(C)cc1C1OP(=O)(O)C(O)(Cc2cccnc2)P(=O)(O)O1. The predicted molar refractivity (Wildman–Crippen MR) is 109 cm³/mol. The summed E-state index contributed by atoms with van der Waals surface area (Å²) in [6.45, 7) is 3.48. The Kier molecular flexibility index (Phi) is 6.84. The second-order valence-electron chi connectivity index (χ2n) is 7.16. The Labute approximate surface area is 178 Å². The van der Waals surface area contributed by atoms with Gasteiger partial charge in [0.2, 0.25) is 6.29 Å². The Hall–Kier alpha value is -1.90. The molecule has 0 spiro atoms. The zero-order valence-electron chi connectivity index (χ0n) is 16.9. The van der Waals surface area contributed by atoms with Gasteiger partial charge in [-0.3, -0.25) is 28.0 Å². The molecule has 1 aromatic carbocycles. The van der Waals surface area contributed by atoms with Gasteiger partial charge in [0.25, 0.3) is 5.08 Å². The standard InChI is InChI=1S/C19H23NO9P2/c1-3-5-17(21)27-16-8-7-13(2)10-15(16)18-28-30(23,24)19(22,31(25,26)29-18)11-14-6-4-9-20-12-14/h4,6-10,12,18,22H,3,5,11H2,1-2H3,(H,23,24)(H,25,26). The Morgan fingerprint density at radius 3 is 2.48 bits per heavy atom. The number of hydrogen-bond acceptors (Lipinski definition) is 8. The molecule has 1 fully saturated rings. The van der Waals surface area contributed by atoms with Crippen molar-refractivity contribution in [2.45, 2.75) is 44.5 Å². The summed E-state index contributed by atoms with van der Waals surface area (Å²) in [4.78, 5) is 36.7. The van der Waals surface area contributed by atoms with Crippen molar-refractivity contribution in [2.24, 2.45) is 0 Å². The molecule has 12 heteroatoms. The number of aliphatic hydroxyl groups is 1. The Bertz CT molecular complexity index is 1030. The number of carbonyl (C=O) groups is 1. The third kappa shape index (κ3) is 4.81. The van der Waals surface area contributed by atoms with Crippen LogP contribution in [0.3, 0.4) is 0 Å². The van der Waals surface area contributed by atoms with Gasteiger partial charge >= 0.3 is 21.2 Å². The molecule has 3 rings (SSSR count). The molecule has 1 saturated heterocycles. The molecule has 2 aromatic rings. The number of aromatic nitrogens is 1. The van der Waals surface area contributed by atoms with Crippen molar-refractivity contribution in [1.29, 1.82) is 0 Å². The van der Waals surface area contributed by atoms with Crippen LogP contribution in [0.5, 0.6) is 5.75 Å². The highest BCUT2D eigenvalue weighted by Gasteiger charge is 2.67. The molecule has 2 unspecified atom stereocenters. The summed E-state index contributed by atoms with van der Waals surface area (Å²) in [5.41, 5.74) is 0.842. The zero-order chi connectivity index (χ0) is 22.9. The van der Waals surface area contributed by atoms with E-state index in [-0.39, 0.29) is 23.3 Å². The van der Waals surface area contributed by atoms with Gasteiger partial charge in [-0.05, 0) is 37.1 Å². The molecule has 0 saturated carbocycles. The number of hydrogen-bond donors (Lipinski definition) is 3. The molecule has 2 heterocycles. The monoisotopic (exact) mass is 471 g/mol. The summed E-state index contributed by atoms with van der Waals surface area (Å²) in [5.74, 6) is -0.609. The topological polar surface area (TPSA) is 152 Å². The normalized spacial score (nSPS) is 30.7. The molecule has 1 aromatic heterocycles. The molecule has 1 aliphatic heterocycles. The van der Waals surface area contributed by atoms with E-state index in [9.17, 15) is 28.8 Å². The number of esters is 1. The smallest absolute Gasteiger partial charge is 0.374 e. The van der Waals surface area contributed by atoms with Gasteiger partial charge in [-0.25, -0.2) is 0 Å². The van der Waals surface area contributed by atoms with E-state index in [1.807, 2.05) is 0 Å². The van der Waals surface area contributed by atoms with Crippen LogP contribution in [0.4, 0.5) is 0 Å². The van der Waals surface area contributed by atoms with Crippen molar-refractivity contribution in [3.63, 3.8) is 0 Å². The minimum absolute atomic E-state index is 0.0311. The first-order chi connectivity index (χ1) is 14.5. The highest BCUT2D eigenvalue weighted by molar-refractivity contribution is 7.73. The molecule has 31 heavy (non-hydrogen) atoms. The lowest BCUT2D eigenvalue weighted by Crippen LogP contribution is -2.38. The molecule has 168 valence electrons. The third-order valence-electron chi connectivity index (χ3n) is 4.64. The summed E-state index contributed by atoms with van der Waals surface area (Å²) in [7, 11) is -10.3. The summed E-state index contributed by atoms with van der Waals surface area (Å²) in [6.07, 6.45) is 0.840. The van der Waals surface area contributed by atoms with E-state index in [1.165, 1.54) is 36.7 Å².